The number of carbonyl (C=O) groups is 3. The summed E-state index contributed by atoms with van der Waals surface area (Å²) in [5, 5.41) is 0. The molecule has 4 aromatic carbocycles. The molecular weight excluding hydrogens is 540 g/mol. The topological polar surface area (TPSA) is 78.9 Å². The first-order valence-electron chi connectivity index (χ1n) is 14.2. The summed E-state index contributed by atoms with van der Waals surface area (Å²) in [5.41, 5.74) is 2.86. The maximum atomic E-state index is 13.0. The van der Waals surface area contributed by atoms with Crippen LogP contribution in [0.15, 0.2) is 109 Å². The third-order valence-electron chi connectivity index (χ3n) is 6.46. The Hall–Kier alpha value is -4.71. The number of rotatable bonds is 10. The van der Waals surface area contributed by atoms with Crippen LogP contribution in [0.2, 0.25) is 0 Å². The van der Waals surface area contributed by atoms with Gasteiger partial charge in [0.15, 0.2) is 0 Å². The summed E-state index contributed by atoms with van der Waals surface area (Å²) in [5.74, 6) is -0.416. The summed E-state index contributed by atoms with van der Waals surface area (Å²) in [6.07, 6.45) is -0.0745. The number of benzene rings is 4. The van der Waals surface area contributed by atoms with Gasteiger partial charge in [0.25, 0.3) is 0 Å². The van der Waals surface area contributed by atoms with E-state index in [-0.39, 0.29) is 19.0 Å². The molecule has 221 valence electrons. The van der Waals surface area contributed by atoms with Crippen molar-refractivity contribution in [2.24, 2.45) is 0 Å². The van der Waals surface area contributed by atoms with Gasteiger partial charge in [-0.15, -0.1) is 0 Å². The Morgan fingerprint density at radius 3 is 1.44 bits per heavy atom. The average Bonchev–Trinajstić information content (AvgIpc) is 2.97. The van der Waals surface area contributed by atoms with Gasteiger partial charge >= 0.3 is 17.9 Å². The predicted molar refractivity (Wildman–Crippen MR) is 165 cm³/mol. The number of hydrogen-bond acceptors (Lipinski definition) is 6. The molecule has 0 unspecified atom stereocenters. The van der Waals surface area contributed by atoms with Crippen LogP contribution in [-0.2, 0) is 25.6 Å². The van der Waals surface area contributed by atoms with Gasteiger partial charge in [-0.05, 0) is 81.1 Å². The second-order valence-electron chi connectivity index (χ2n) is 11.9. The summed E-state index contributed by atoms with van der Waals surface area (Å²) in [6.45, 7) is 9.04. The van der Waals surface area contributed by atoms with Crippen molar-refractivity contribution in [3.05, 3.63) is 148 Å². The van der Waals surface area contributed by atoms with E-state index in [4.69, 9.17) is 14.2 Å². The minimum Gasteiger partial charge on any atom is -0.461 e. The fourth-order valence-electron chi connectivity index (χ4n) is 4.47. The molecule has 0 spiro atoms. The molecule has 0 aromatic heterocycles. The molecule has 0 saturated heterocycles. The Kier molecular flexibility index (Phi) is 9.81. The summed E-state index contributed by atoms with van der Waals surface area (Å²) in [4.78, 5) is 38.0. The van der Waals surface area contributed by atoms with E-state index in [0.29, 0.717) is 11.1 Å². The second kappa shape index (κ2) is 13.5. The lowest BCUT2D eigenvalue weighted by atomic mass is 9.84. The van der Waals surface area contributed by atoms with Crippen LogP contribution >= 0.6 is 0 Å². The van der Waals surface area contributed by atoms with Crippen molar-refractivity contribution < 1.29 is 28.6 Å². The van der Waals surface area contributed by atoms with E-state index in [0.717, 1.165) is 28.2 Å². The van der Waals surface area contributed by atoms with E-state index in [9.17, 15) is 14.4 Å². The van der Waals surface area contributed by atoms with Gasteiger partial charge in [0.05, 0.1) is 23.5 Å². The molecule has 0 saturated carbocycles. The highest BCUT2D eigenvalue weighted by Crippen LogP contribution is 2.32. The van der Waals surface area contributed by atoms with Crippen molar-refractivity contribution >= 4 is 17.9 Å². The van der Waals surface area contributed by atoms with Gasteiger partial charge < -0.3 is 14.2 Å². The van der Waals surface area contributed by atoms with Crippen molar-refractivity contribution in [3.8, 4) is 0 Å². The fourth-order valence-corrected chi connectivity index (χ4v) is 4.47. The molecule has 43 heavy (non-hydrogen) atoms. The monoisotopic (exact) mass is 577 g/mol. The van der Waals surface area contributed by atoms with Gasteiger partial charge in [0.1, 0.15) is 17.8 Å². The molecule has 0 fully saturated rings. The molecular formula is C37H37O6. The number of esters is 3. The van der Waals surface area contributed by atoms with Crippen molar-refractivity contribution in [2.45, 2.75) is 58.8 Å². The van der Waals surface area contributed by atoms with Crippen LogP contribution in [0.3, 0.4) is 0 Å². The molecule has 0 amide bonds. The third kappa shape index (κ3) is 9.14. The first kappa shape index (κ1) is 31.2. The van der Waals surface area contributed by atoms with Crippen molar-refractivity contribution in [3.63, 3.8) is 0 Å². The van der Waals surface area contributed by atoms with Crippen molar-refractivity contribution in [1.82, 2.24) is 0 Å². The highest BCUT2D eigenvalue weighted by molar-refractivity contribution is 5.91. The van der Waals surface area contributed by atoms with Crippen molar-refractivity contribution in [2.75, 3.05) is 0 Å². The van der Waals surface area contributed by atoms with Crippen LogP contribution in [-0.4, -0.2) is 29.1 Å². The quantitative estimate of drug-likeness (QED) is 0.109. The fraction of sp³-hybridized carbons (Fsp3) is 0.243. The van der Waals surface area contributed by atoms with Gasteiger partial charge in [-0.25, -0.2) is 9.59 Å². The minimum absolute atomic E-state index is 0.0745. The van der Waals surface area contributed by atoms with Crippen LogP contribution in [0, 0.1) is 5.92 Å². The van der Waals surface area contributed by atoms with E-state index >= 15 is 0 Å². The highest BCUT2D eigenvalue weighted by Gasteiger charge is 2.28. The number of ether oxygens (including phenoxy) is 3. The summed E-state index contributed by atoms with van der Waals surface area (Å²) in [6, 6.07) is 33.7. The standard InChI is InChI=1S/C37H37O6/c1-36(2,3)42-34(39)30-20-16-28(17-21-30)33(27-14-10-7-11-15-27)29-18-22-31(23-19-29)35(40)43-37(4,5)24-32(38)41-25-26-12-8-6-9-13-26/h6-23H,24-25H2,1-5H3. The van der Waals surface area contributed by atoms with Gasteiger partial charge in [-0.2, -0.15) is 0 Å². The highest BCUT2D eigenvalue weighted by atomic mass is 16.6. The second-order valence-corrected chi connectivity index (χ2v) is 11.9. The summed E-state index contributed by atoms with van der Waals surface area (Å²) in [7, 11) is 0. The first-order valence-corrected chi connectivity index (χ1v) is 14.2. The lowest BCUT2D eigenvalue weighted by Crippen LogP contribution is -2.31. The van der Waals surface area contributed by atoms with Crippen LogP contribution < -0.4 is 0 Å². The molecule has 4 rings (SSSR count). The van der Waals surface area contributed by atoms with Crippen molar-refractivity contribution in [1.29, 1.82) is 0 Å². The van der Waals surface area contributed by atoms with E-state index in [1.54, 1.807) is 38.1 Å². The molecule has 1 radical (unpaired) electrons. The van der Waals surface area contributed by atoms with Crippen LogP contribution in [0.5, 0.6) is 0 Å². The van der Waals surface area contributed by atoms with E-state index in [1.165, 1.54) is 0 Å². The summed E-state index contributed by atoms with van der Waals surface area (Å²) < 4.78 is 16.6. The summed E-state index contributed by atoms with van der Waals surface area (Å²) >= 11 is 0. The Morgan fingerprint density at radius 1 is 0.535 bits per heavy atom. The zero-order valence-corrected chi connectivity index (χ0v) is 25.3. The molecule has 4 aromatic rings. The molecule has 0 bridgehead atoms. The van der Waals surface area contributed by atoms with E-state index in [2.05, 4.69) is 0 Å². The van der Waals surface area contributed by atoms with Gasteiger partial charge in [-0.3, -0.25) is 4.79 Å². The Bertz CT molecular complexity index is 1520. The third-order valence-corrected chi connectivity index (χ3v) is 6.46. The number of hydrogen-bond donors (Lipinski definition) is 0. The van der Waals surface area contributed by atoms with Gasteiger partial charge in [0, 0.05) is 0 Å². The zero-order valence-electron chi connectivity index (χ0n) is 25.3. The maximum absolute atomic E-state index is 13.0. The van der Waals surface area contributed by atoms with Gasteiger partial charge in [-0.1, -0.05) is 84.9 Å². The van der Waals surface area contributed by atoms with Crippen LogP contribution in [0.25, 0.3) is 0 Å². The molecule has 0 aliphatic rings. The Balaban J connectivity index is 1.46. The molecule has 0 heterocycles. The molecule has 0 atom stereocenters. The SMILES string of the molecule is CC(C)(C)OC(=O)c1ccc([C](c2ccccc2)c2ccc(C(=O)OC(C)(C)CC(=O)OCc3ccccc3)cc2)cc1. The van der Waals surface area contributed by atoms with Crippen LogP contribution in [0.1, 0.15) is 84.0 Å². The molecule has 0 aliphatic heterocycles. The minimum atomic E-state index is -1.05. The Labute approximate surface area is 253 Å². The molecule has 6 heteroatoms. The largest absolute Gasteiger partial charge is 0.461 e. The Morgan fingerprint density at radius 2 is 0.953 bits per heavy atom. The zero-order chi connectivity index (χ0) is 31.0. The lowest BCUT2D eigenvalue weighted by Gasteiger charge is -2.24. The first-order chi connectivity index (χ1) is 20.4. The smallest absolute Gasteiger partial charge is 0.338 e. The molecule has 0 aliphatic carbocycles. The van der Waals surface area contributed by atoms with Crippen LogP contribution in [0.4, 0.5) is 0 Å². The molecule has 6 nitrogen and oxygen atoms in total. The normalized spacial score (nSPS) is 11.6. The van der Waals surface area contributed by atoms with E-state index in [1.807, 2.05) is 106 Å². The number of carbonyl (C=O) groups excluding carboxylic acids is 3. The van der Waals surface area contributed by atoms with E-state index < -0.39 is 23.1 Å². The van der Waals surface area contributed by atoms with Gasteiger partial charge in [0.2, 0.25) is 0 Å². The predicted octanol–water partition coefficient (Wildman–Crippen LogP) is 7.73. The lowest BCUT2D eigenvalue weighted by molar-refractivity contribution is -0.149. The average molecular weight is 578 g/mol. The maximum Gasteiger partial charge on any atom is 0.338 e. The molecule has 0 N–H and O–H groups in total.